The molecule has 4 heterocycles. The van der Waals surface area contributed by atoms with E-state index in [1.54, 1.807) is 0 Å². The minimum absolute atomic E-state index is 0.531. The molecule has 0 aliphatic rings. The number of fused-ring (bicyclic) bond motifs is 6. The predicted molar refractivity (Wildman–Crippen MR) is 222 cm³/mol. The van der Waals surface area contributed by atoms with Crippen molar-refractivity contribution in [3.8, 4) is 62.9 Å². The molecule has 8 nitrogen and oxygen atoms in total. The van der Waals surface area contributed by atoms with E-state index in [1.807, 2.05) is 133 Å². The minimum Gasteiger partial charge on any atom is -0.456 e. The van der Waals surface area contributed by atoms with Crippen LogP contribution < -0.4 is 0 Å². The minimum atomic E-state index is 0.531. The van der Waals surface area contributed by atoms with E-state index in [1.165, 1.54) is 0 Å². The summed E-state index contributed by atoms with van der Waals surface area (Å²) >= 11 is 0. The van der Waals surface area contributed by atoms with Gasteiger partial charge in [-0.1, -0.05) is 140 Å². The monoisotopic (exact) mass is 719 g/mol. The smallest absolute Gasteiger partial charge is 0.238 e. The molecule has 56 heavy (non-hydrogen) atoms. The van der Waals surface area contributed by atoms with Gasteiger partial charge in [0.25, 0.3) is 0 Å². The normalized spacial score (nSPS) is 11.6. The van der Waals surface area contributed by atoms with E-state index in [-0.39, 0.29) is 0 Å². The van der Waals surface area contributed by atoms with Gasteiger partial charge in [-0.3, -0.25) is 4.57 Å². The number of nitrogens with zero attached hydrogens (tertiary/aromatic N) is 7. The van der Waals surface area contributed by atoms with Crippen LogP contribution in [0.5, 0.6) is 0 Å². The third kappa shape index (κ3) is 5.31. The van der Waals surface area contributed by atoms with Crippen molar-refractivity contribution in [2.24, 2.45) is 0 Å². The van der Waals surface area contributed by atoms with Crippen LogP contribution in [0.1, 0.15) is 0 Å². The van der Waals surface area contributed by atoms with Crippen LogP contribution >= 0.6 is 0 Å². The molecular formula is C48H29N7O. The molecule has 0 bridgehead atoms. The predicted octanol–water partition coefficient (Wildman–Crippen LogP) is 11.4. The number of benzene rings is 7. The topological polar surface area (TPSA) is 95.4 Å². The van der Waals surface area contributed by atoms with Gasteiger partial charge in [-0.25, -0.2) is 19.9 Å². The standard InChI is InChI=1S/C48H29N7O/c1-4-15-30(16-5-1)43-49-44(31-17-6-2-7-18-31)51-46(50-43)33-27-28-40-37(29-33)42-36(23-14-26-41(42)56-40)47-52-45(32-19-8-3-9-20-32)53-48(54-47)55-38-24-12-10-21-34(38)35-22-11-13-25-39(35)55/h1-29H. The first-order chi connectivity index (χ1) is 27.7. The maximum atomic E-state index is 6.49. The summed E-state index contributed by atoms with van der Waals surface area (Å²) in [4.78, 5) is 30.4. The Kier molecular flexibility index (Phi) is 7.31. The van der Waals surface area contributed by atoms with E-state index in [0.29, 0.717) is 35.1 Å². The molecule has 0 saturated heterocycles. The Hall–Kier alpha value is -7.84. The summed E-state index contributed by atoms with van der Waals surface area (Å²) in [5.41, 5.74) is 7.86. The number of furan rings is 1. The Balaban J connectivity index is 1.14. The van der Waals surface area contributed by atoms with Crippen LogP contribution in [0.2, 0.25) is 0 Å². The van der Waals surface area contributed by atoms with Gasteiger partial charge in [0, 0.05) is 49.4 Å². The molecule has 11 rings (SSSR count). The van der Waals surface area contributed by atoms with Gasteiger partial charge < -0.3 is 4.42 Å². The molecule has 262 valence electrons. The third-order valence-corrected chi connectivity index (χ3v) is 10.1. The molecule has 0 spiro atoms. The first-order valence-electron chi connectivity index (χ1n) is 18.4. The fourth-order valence-electron chi connectivity index (χ4n) is 7.53. The molecule has 7 aromatic carbocycles. The van der Waals surface area contributed by atoms with Crippen molar-refractivity contribution in [1.29, 1.82) is 0 Å². The van der Waals surface area contributed by atoms with E-state index in [0.717, 1.165) is 71.6 Å². The maximum absolute atomic E-state index is 6.49. The van der Waals surface area contributed by atoms with Crippen molar-refractivity contribution >= 4 is 43.7 Å². The number of para-hydroxylation sites is 2. The second kappa shape index (κ2) is 12.9. The van der Waals surface area contributed by atoms with Gasteiger partial charge in [-0.05, 0) is 36.4 Å². The summed E-state index contributed by atoms with van der Waals surface area (Å²) in [6.07, 6.45) is 0. The highest BCUT2D eigenvalue weighted by molar-refractivity contribution is 6.13. The summed E-state index contributed by atoms with van der Waals surface area (Å²) in [6, 6.07) is 58.8. The van der Waals surface area contributed by atoms with Crippen LogP contribution in [0.3, 0.4) is 0 Å². The van der Waals surface area contributed by atoms with Crippen molar-refractivity contribution in [2.75, 3.05) is 0 Å². The maximum Gasteiger partial charge on any atom is 0.238 e. The van der Waals surface area contributed by atoms with Crippen molar-refractivity contribution in [3.63, 3.8) is 0 Å². The van der Waals surface area contributed by atoms with E-state index in [9.17, 15) is 0 Å². The lowest BCUT2D eigenvalue weighted by Crippen LogP contribution is -2.06. The van der Waals surface area contributed by atoms with Gasteiger partial charge in [0.15, 0.2) is 29.1 Å². The lowest BCUT2D eigenvalue weighted by molar-refractivity contribution is 0.669. The fourth-order valence-corrected chi connectivity index (χ4v) is 7.53. The zero-order valence-electron chi connectivity index (χ0n) is 29.8. The largest absolute Gasteiger partial charge is 0.456 e. The Labute approximate surface area is 320 Å². The zero-order valence-corrected chi connectivity index (χ0v) is 29.8. The SMILES string of the molecule is c1ccc(-c2nc(-c3ccccc3)nc(-c3ccc4oc5cccc(-c6nc(-c7ccccc7)nc(-n7c8ccccc8c8ccccc87)n6)c5c4c3)n2)cc1. The van der Waals surface area contributed by atoms with Crippen LogP contribution in [0, 0.1) is 0 Å². The number of rotatable bonds is 6. The van der Waals surface area contributed by atoms with Gasteiger partial charge in [0.05, 0.1) is 11.0 Å². The lowest BCUT2D eigenvalue weighted by Gasteiger charge is -2.11. The first-order valence-corrected chi connectivity index (χ1v) is 18.4. The molecule has 0 aliphatic heterocycles. The molecule has 0 radical (unpaired) electrons. The molecule has 4 aromatic heterocycles. The molecule has 11 aromatic rings. The average molecular weight is 720 g/mol. The van der Waals surface area contributed by atoms with Crippen molar-refractivity contribution in [1.82, 2.24) is 34.5 Å². The Morgan fingerprint density at radius 2 is 0.821 bits per heavy atom. The highest BCUT2D eigenvalue weighted by atomic mass is 16.3. The van der Waals surface area contributed by atoms with E-state index in [4.69, 9.17) is 34.3 Å². The molecule has 0 fully saturated rings. The summed E-state index contributed by atoms with van der Waals surface area (Å²) in [5, 5.41) is 4.05. The number of hydrogen-bond acceptors (Lipinski definition) is 7. The van der Waals surface area contributed by atoms with Crippen molar-refractivity contribution in [3.05, 3.63) is 176 Å². The van der Waals surface area contributed by atoms with E-state index >= 15 is 0 Å². The Bertz CT molecular complexity index is 3140. The van der Waals surface area contributed by atoms with Crippen LogP contribution in [0.25, 0.3) is 107 Å². The lowest BCUT2D eigenvalue weighted by atomic mass is 10.0. The average Bonchev–Trinajstić information content (AvgIpc) is 3.83. The number of hydrogen-bond donors (Lipinski definition) is 0. The van der Waals surface area contributed by atoms with Gasteiger partial charge in [-0.15, -0.1) is 0 Å². The van der Waals surface area contributed by atoms with Gasteiger partial charge in [-0.2, -0.15) is 9.97 Å². The first kappa shape index (κ1) is 31.7. The molecule has 0 unspecified atom stereocenters. The van der Waals surface area contributed by atoms with Gasteiger partial charge in [0.2, 0.25) is 5.95 Å². The second-order valence-electron chi connectivity index (χ2n) is 13.5. The molecule has 8 heteroatoms. The second-order valence-corrected chi connectivity index (χ2v) is 13.5. The molecule has 0 amide bonds. The Morgan fingerprint density at radius 1 is 0.339 bits per heavy atom. The van der Waals surface area contributed by atoms with Crippen LogP contribution in [0.15, 0.2) is 180 Å². The summed E-state index contributed by atoms with van der Waals surface area (Å²) in [7, 11) is 0. The van der Waals surface area contributed by atoms with Crippen molar-refractivity contribution in [2.45, 2.75) is 0 Å². The summed E-state index contributed by atoms with van der Waals surface area (Å²) < 4.78 is 8.62. The van der Waals surface area contributed by atoms with Gasteiger partial charge in [0.1, 0.15) is 11.2 Å². The van der Waals surface area contributed by atoms with E-state index in [2.05, 4.69) is 47.0 Å². The van der Waals surface area contributed by atoms with E-state index < -0.39 is 0 Å². The molecule has 0 atom stereocenters. The highest BCUT2D eigenvalue weighted by Gasteiger charge is 2.21. The molecular weight excluding hydrogens is 691 g/mol. The molecule has 0 saturated carbocycles. The quantitative estimate of drug-likeness (QED) is 0.169. The van der Waals surface area contributed by atoms with Gasteiger partial charge >= 0.3 is 0 Å². The molecule has 0 aliphatic carbocycles. The highest BCUT2D eigenvalue weighted by Crippen LogP contribution is 2.39. The van der Waals surface area contributed by atoms with Crippen LogP contribution in [0.4, 0.5) is 0 Å². The van der Waals surface area contributed by atoms with Crippen molar-refractivity contribution < 1.29 is 4.42 Å². The Morgan fingerprint density at radius 3 is 1.41 bits per heavy atom. The molecule has 0 N–H and O–H groups in total. The van der Waals surface area contributed by atoms with Crippen LogP contribution in [-0.4, -0.2) is 34.5 Å². The summed E-state index contributed by atoms with van der Waals surface area (Å²) in [6.45, 7) is 0. The number of aromatic nitrogens is 7. The summed E-state index contributed by atoms with van der Waals surface area (Å²) in [5.74, 6) is 3.40. The zero-order chi connectivity index (χ0) is 37.0. The third-order valence-electron chi connectivity index (χ3n) is 10.1. The fraction of sp³-hybridized carbons (Fsp3) is 0. The van der Waals surface area contributed by atoms with Crippen LogP contribution in [-0.2, 0) is 0 Å².